The summed E-state index contributed by atoms with van der Waals surface area (Å²) in [6.45, 7) is 6.47. The molecule has 0 bridgehead atoms. The predicted octanol–water partition coefficient (Wildman–Crippen LogP) is 4.01. The van der Waals surface area contributed by atoms with Crippen LogP contribution >= 0.6 is 0 Å². The average molecular weight is 397 g/mol. The maximum Gasteiger partial charge on any atom is 0.270 e. The Morgan fingerprint density at radius 3 is 2.72 bits per heavy atom. The van der Waals surface area contributed by atoms with E-state index in [2.05, 4.69) is 5.32 Å². The summed E-state index contributed by atoms with van der Waals surface area (Å²) < 4.78 is 5.89. The van der Waals surface area contributed by atoms with E-state index in [1.807, 2.05) is 20.8 Å². The van der Waals surface area contributed by atoms with E-state index in [4.69, 9.17) is 4.74 Å². The van der Waals surface area contributed by atoms with E-state index in [9.17, 15) is 19.7 Å². The Hall–Kier alpha value is -3.42. The number of benzene rings is 2. The van der Waals surface area contributed by atoms with Gasteiger partial charge >= 0.3 is 0 Å². The zero-order valence-corrected chi connectivity index (χ0v) is 16.6. The number of hydrogen-bond donors (Lipinski definition) is 1. The Balaban J connectivity index is 1.88. The van der Waals surface area contributed by atoms with Crippen LogP contribution in [0.25, 0.3) is 0 Å². The highest BCUT2D eigenvalue weighted by molar-refractivity contribution is 6.05. The van der Waals surface area contributed by atoms with Crippen molar-refractivity contribution in [2.45, 2.75) is 27.2 Å². The SMILES string of the molecule is CCCN1C(=O)C(C)(C)COc2cc(NC(=O)c3cccc([N+](=O)[O-])c3)ccc21. The number of nitrogens with zero attached hydrogens (tertiary/aromatic N) is 2. The first-order valence-electron chi connectivity index (χ1n) is 9.37. The third-order valence-electron chi connectivity index (χ3n) is 4.69. The zero-order valence-electron chi connectivity index (χ0n) is 16.6. The Morgan fingerprint density at radius 2 is 2.03 bits per heavy atom. The van der Waals surface area contributed by atoms with Crippen molar-refractivity contribution in [1.82, 2.24) is 0 Å². The minimum Gasteiger partial charge on any atom is -0.490 e. The number of rotatable bonds is 5. The minimum atomic E-state index is -0.666. The number of nitrogens with one attached hydrogen (secondary N) is 1. The molecule has 0 saturated heterocycles. The van der Waals surface area contributed by atoms with Crippen molar-refractivity contribution >= 4 is 28.9 Å². The molecular weight excluding hydrogens is 374 g/mol. The highest BCUT2D eigenvalue weighted by atomic mass is 16.6. The number of hydrogen-bond acceptors (Lipinski definition) is 5. The number of nitro groups is 1. The molecule has 0 spiro atoms. The summed E-state index contributed by atoms with van der Waals surface area (Å²) in [5.74, 6) is 0.0322. The van der Waals surface area contributed by atoms with Gasteiger partial charge in [0, 0.05) is 36.0 Å². The molecule has 8 heteroatoms. The number of non-ortho nitro benzene ring substituents is 1. The largest absolute Gasteiger partial charge is 0.490 e. The Labute approximate surface area is 168 Å². The highest BCUT2D eigenvalue weighted by Crippen LogP contribution is 2.38. The van der Waals surface area contributed by atoms with Crippen LogP contribution < -0.4 is 15.0 Å². The Morgan fingerprint density at radius 1 is 1.28 bits per heavy atom. The molecule has 1 aliphatic rings. The van der Waals surface area contributed by atoms with Gasteiger partial charge in [0.1, 0.15) is 12.4 Å². The van der Waals surface area contributed by atoms with Gasteiger partial charge in [-0.1, -0.05) is 13.0 Å². The maximum atomic E-state index is 12.9. The molecule has 0 aromatic heterocycles. The molecular formula is C21H23N3O5. The third-order valence-corrected chi connectivity index (χ3v) is 4.69. The van der Waals surface area contributed by atoms with Crippen molar-refractivity contribution < 1.29 is 19.2 Å². The van der Waals surface area contributed by atoms with Crippen LogP contribution in [0, 0.1) is 15.5 Å². The van der Waals surface area contributed by atoms with E-state index in [1.54, 1.807) is 23.1 Å². The zero-order chi connectivity index (χ0) is 21.2. The monoisotopic (exact) mass is 397 g/mol. The van der Waals surface area contributed by atoms with Gasteiger partial charge in [-0.05, 0) is 38.5 Å². The topological polar surface area (TPSA) is 102 Å². The smallest absolute Gasteiger partial charge is 0.270 e. The first kappa shape index (κ1) is 20.3. The first-order chi connectivity index (χ1) is 13.7. The first-order valence-corrected chi connectivity index (χ1v) is 9.37. The molecule has 0 radical (unpaired) electrons. The molecule has 0 unspecified atom stereocenters. The molecule has 29 heavy (non-hydrogen) atoms. The predicted molar refractivity (Wildman–Crippen MR) is 109 cm³/mol. The van der Waals surface area contributed by atoms with Crippen molar-refractivity contribution in [3.05, 3.63) is 58.1 Å². The summed E-state index contributed by atoms with van der Waals surface area (Å²) in [6, 6.07) is 10.6. The average Bonchev–Trinajstić information content (AvgIpc) is 2.78. The molecule has 0 aliphatic carbocycles. The summed E-state index contributed by atoms with van der Waals surface area (Å²) in [6.07, 6.45) is 0.798. The van der Waals surface area contributed by atoms with Crippen LogP contribution in [0.1, 0.15) is 37.6 Å². The van der Waals surface area contributed by atoms with Gasteiger partial charge in [-0.3, -0.25) is 19.7 Å². The van der Waals surface area contributed by atoms with Crippen molar-refractivity contribution in [3.63, 3.8) is 0 Å². The third kappa shape index (κ3) is 4.21. The molecule has 0 fully saturated rings. The normalized spacial score (nSPS) is 15.1. The van der Waals surface area contributed by atoms with Gasteiger partial charge in [-0.15, -0.1) is 0 Å². The molecule has 0 saturated carbocycles. The number of carbonyl (C=O) groups is 2. The number of ether oxygens (including phenoxy) is 1. The van der Waals surface area contributed by atoms with E-state index in [0.717, 1.165) is 6.42 Å². The lowest BCUT2D eigenvalue weighted by molar-refractivity contribution is -0.384. The summed E-state index contributed by atoms with van der Waals surface area (Å²) in [7, 11) is 0. The van der Waals surface area contributed by atoms with Gasteiger partial charge in [-0.2, -0.15) is 0 Å². The number of amides is 2. The van der Waals surface area contributed by atoms with E-state index in [1.165, 1.54) is 24.3 Å². The van der Waals surface area contributed by atoms with Gasteiger partial charge in [-0.25, -0.2) is 0 Å². The number of anilines is 2. The molecule has 2 aromatic rings. The number of nitro benzene ring substituents is 1. The van der Waals surface area contributed by atoms with Crippen LogP contribution in [0.4, 0.5) is 17.1 Å². The van der Waals surface area contributed by atoms with Crippen molar-refractivity contribution in [1.29, 1.82) is 0 Å². The van der Waals surface area contributed by atoms with Crippen LogP contribution in [0.5, 0.6) is 5.75 Å². The van der Waals surface area contributed by atoms with Gasteiger partial charge in [0.25, 0.3) is 11.6 Å². The number of carbonyl (C=O) groups excluding carboxylic acids is 2. The molecule has 8 nitrogen and oxygen atoms in total. The van der Waals surface area contributed by atoms with E-state index in [0.29, 0.717) is 23.7 Å². The summed E-state index contributed by atoms with van der Waals surface area (Å²) in [5.41, 5.74) is 0.498. The van der Waals surface area contributed by atoms with Crippen LogP contribution in [0.15, 0.2) is 42.5 Å². The second-order valence-corrected chi connectivity index (χ2v) is 7.57. The van der Waals surface area contributed by atoms with Gasteiger partial charge in [0.2, 0.25) is 5.91 Å². The number of fused-ring (bicyclic) bond motifs is 1. The fraction of sp³-hybridized carbons (Fsp3) is 0.333. The van der Waals surface area contributed by atoms with Crippen LogP contribution in [-0.2, 0) is 4.79 Å². The second-order valence-electron chi connectivity index (χ2n) is 7.57. The molecule has 2 aromatic carbocycles. The van der Waals surface area contributed by atoms with Gasteiger partial charge in [0.05, 0.1) is 16.0 Å². The summed E-state index contributed by atoms with van der Waals surface area (Å²) in [4.78, 5) is 37.5. The van der Waals surface area contributed by atoms with Gasteiger partial charge < -0.3 is 15.0 Å². The van der Waals surface area contributed by atoms with E-state index >= 15 is 0 Å². The quantitative estimate of drug-likeness (QED) is 0.607. The van der Waals surface area contributed by atoms with Crippen molar-refractivity contribution in [2.24, 2.45) is 5.41 Å². The molecule has 2 amide bonds. The molecule has 1 aliphatic heterocycles. The summed E-state index contributed by atoms with van der Waals surface area (Å²) >= 11 is 0. The lowest BCUT2D eigenvalue weighted by Gasteiger charge is -2.27. The lowest BCUT2D eigenvalue weighted by atomic mass is 9.93. The fourth-order valence-corrected chi connectivity index (χ4v) is 3.13. The molecule has 1 heterocycles. The van der Waals surface area contributed by atoms with Crippen molar-refractivity contribution in [2.75, 3.05) is 23.4 Å². The Bertz CT molecular complexity index is 971. The van der Waals surface area contributed by atoms with Gasteiger partial charge in [0.15, 0.2) is 0 Å². The molecule has 3 rings (SSSR count). The van der Waals surface area contributed by atoms with E-state index in [-0.39, 0.29) is 23.8 Å². The molecule has 1 N–H and O–H groups in total. The van der Waals surface area contributed by atoms with Crippen LogP contribution in [0.2, 0.25) is 0 Å². The van der Waals surface area contributed by atoms with Crippen LogP contribution in [0.3, 0.4) is 0 Å². The second kappa shape index (κ2) is 7.90. The highest BCUT2D eigenvalue weighted by Gasteiger charge is 2.37. The fourth-order valence-electron chi connectivity index (χ4n) is 3.13. The van der Waals surface area contributed by atoms with Crippen molar-refractivity contribution in [3.8, 4) is 5.75 Å². The van der Waals surface area contributed by atoms with E-state index < -0.39 is 16.2 Å². The lowest BCUT2D eigenvalue weighted by Crippen LogP contribution is -2.42. The molecule has 152 valence electrons. The standard InChI is InChI=1S/C21H23N3O5/c1-4-10-23-17-9-8-15(12-18(17)29-13-21(2,3)20(23)26)22-19(25)14-6-5-7-16(11-14)24(27)28/h5-9,11-12H,4,10,13H2,1-3H3,(H,22,25). The molecule has 0 atom stereocenters. The maximum absolute atomic E-state index is 12.9. The minimum absolute atomic E-state index is 0.00789. The Kier molecular flexibility index (Phi) is 5.54. The summed E-state index contributed by atoms with van der Waals surface area (Å²) in [5, 5.41) is 13.6. The van der Waals surface area contributed by atoms with Crippen LogP contribution in [-0.4, -0.2) is 29.9 Å².